The fraction of sp³-hybridized carbons (Fsp3) is 0.250. The van der Waals surface area contributed by atoms with Gasteiger partial charge in [-0.1, -0.05) is 27.5 Å². The number of methoxy groups -OCH3 is 1. The van der Waals surface area contributed by atoms with E-state index in [1.807, 2.05) is 38.1 Å². The highest BCUT2D eigenvalue weighted by Crippen LogP contribution is 2.34. The van der Waals surface area contributed by atoms with Crippen molar-refractivity contribution in [3.8, 4) is 5.75 Å². The van der Waals surface area contributed by atoms with Gasteiger partial charge in [0.2, 0.25) is 0 Å². The minimum atomic E-state index is -0.761. The van der Waals surface area contributed by atoms with Crippen LogP contribution in [0.2, 0.25) is 5.02 Å². The summed E-state index contributed by atoms with van der Waals surface area (Å²) in [6.07, 6.45) is -0.761. The van der Waals surface area contributed by atoms with Crippen molar-refractivity contribution in [2.45, 2.75) is 20.0 Å². The number of aliphatic hydroxyl groups excluding tert-OH is 1. The highest BCUT2D eigenvalue weighted by atomic mass is 79.9. The molecule has 2 aromatic carbocycles. The van der Waals surface area contributed by atoms with Gasteiger partial charge in [-0.3, -0.25) is 0 Å². The normalized spacial score (nSPS) is 12.3. The van der Waals surface area contributed by atoms with Crippen molar-refractivity contribution in [1.82, 2.24) is 0 Å². The van der Waals surface area contributed by atoms with Crippen LogP contribution in [0, 0.1) is 13.8 Å². The molecule has 4 heteroatoms. The van der Waals surface area contributed by atoms with Crippen molar-refractivity contribution in [3.05, 3.63) is 62.1 Å². The van der Waals surface area contributed by atoms with Gasteiger partial charge < -0.3 is 9.84 Å². The van der Waals surface area contributed by atoms with Gasteiger partial charge in [-0.25, -0.2) is 0 Å². The molecule has 2 aromatic rings. The number of hydrogen-bond donors (Lipinski definition) is 1. The van der Waals surface area contributed by atoms with Crippen LogP contribution in [0.25, 0.3) is 0 Å². The summed E-state index contributed by atoms with van der Waals surface area (Å²) in [5.41, 5.74) is 3.48. The molecule has 2 rings (SSSR count). The van der Waals surface area contributed by atoms with Crippen LogP contribution in [0.4, 0.5) is 0 Å². The first-order valence-corrected chi connectivity index (χ1v) is 7.39. The summed E-state index contributed by atoms with van der Waals surface area (Å²) in [6.45, 7) is 3.93. The minimum Gasteiger partial charge on any atom is -0.496 e. The third kappa shape index (κ3) is 3.00. The Morgan fingerprint density at radius 2 is 1.75 bits per heavy atom. The molecule has 1 N–H and O–H groups in total. The smallest absolute Gasteiger partial charge is 0.124 e. The summed E-state index contributed by atoms with van der Waals surface area (Å²) in [5, 5.41) is 11.1. The summed E-state index contributed by atoms with van der Waals surface area (Å²) in [4.78, 5) is 0. The first-order valence-electron chi connectivity index (χ1n) is 6.22. The summed E-state index contributed by atoms with van der Waals surface area (Å²) in [5.74, 6) is 0.848. The molecule has 0 saturated carbocycles. The Balaban J connectivity index is 2.48. The lowest BCUT2D eigenvalue weighted by molar-refractivity contribution is 0.220. The van der Waals surface area contributed by atoms with Crippen molar-refractivity contribution in [2.24, 2.45) is 0 Å². The number of halogens is 2. The zero-order chi connectivity index (χ0) is 14.9. The number of aryl methyl sites for hydroxylation is 2. The molecule has 0 amide bonds. The van der Waals surface area contributed by atoms with Crippen LogP contribution in [-0.4, -0.2) is 12.2 Å². The molecule has 20 heavy (non-hydrogen) atoms. The average Bonchev–Trinajstić information content (AvgIpc) is 2.40. The van der Waals surface area contributed by atoms with E-state index < -0.39 is 6.10 Å². The predicted octanol–water partition coefficient (Wildman–Crippen LogP) is 4.81. The maximum Gasteiger partial charge on any atom is 0.124 e. The Hall–Kier alpha value is -1.03. The van der Waals surface area contributed by atoms with E-state index in [9.17, 15) is 5.11 Å². The van der Waals surface area contributed by atoms with E-state index in [0.29, 0.717) is 10.6 Å². The van der Waals surface area contributed by atoms with E-state index in [1.165, 1.54) is 0 Å². The molecule has 0 fully saturated rings. The van der Waals surface area contributed by atoms with Crippen LogP contribution in [-0.2, 0) is 0 Å². The average molecular weight is 356 g/mol. The summed E-state index contributed by atoms with van der Waals surface area (Å²) in [7, 11) is 1.65. The number of hydrogen-bond acceptors (Lipinski definition) is 2. The Morgan fingerprint density at radius 1 is 1.15 bits per heavy atom. The molecule has 1 unspecified atom stereocenters. The molecule has 0 radical (unpaired) electrons. The number of ether oxygens (including phenoxy) is 1. The molecule has 1 atom stereocenters. The minimum absolute atomic E-state index is 0.548. The second kappa shape index (κ2) is 6.17. The fourth-order valence-corrected chi connectivity index (χ4v) is 2.97. The van der Waals surface area contributed by atoms with Crippen LogP contribution < -0.4 is 4.74 Å². The second-order valence-electron chi connectivity index (χ2n) is 4.76. The zero-order valence-electron chi connectivity index (χ0n) is 11.6. The SMILES string of the molecule is COc1c(C)cc(C(O)c2cc(Br)ccc2Cl)cc1C. The van der Waals surface area contributed by atoms with E-state index >= 15 is 0 Å². The lowest BCUT2D eigenvalue weighted by Crippen LogP contribution is -2.03. The summed E-state index contributed by atoms with van der Waals surface area (Å²) in [6, 6.07) is 9.31. The molecule has 0 bridgehead atoms. The van der Waals surface area contributed by atoms with E-state index in [2.05, 4.69) is 15.9 Å². The highest BCUT2D eigenvalue weighted by Gasteiger charge is 2.17. The molecule has 0 aliphatic heterocycles. The molecular formula is C16H16BrClO2. The molecule has 2 nitrogen and oxygen atoms in total. The molecule has 0 aromatic heterocycles. The molecule has 0 spiro atoms. The maximum atomic E-state index is 10.6. The molecule has 106 valence electrons. The van der Waals surface area contributed by atoms with Crippen LogP contribution in [0.3, 0.4) is 0 Å². The van der Waals surface area contributed by atoms with Crippen LogP contribution in [0.1, 0.15) is 28.4 Å². The molecule has 0 aliphatic rings. The van der Waals surface area contributed by atoms with Gasteiger partial charge in [-0.2, -0.15) is 0 Å². The van der Waals surface area contributed by atoms with Gasteiger partial charge in [0.15, 0.2) is 0 Å². The van der Waals surface area contributed by atoms with Gasteiger partial charge in [-0.05, 0) is 60.9 Å². The number of rotatable bonds is 3. The van der Waals surface area contributed by atoms with Gasteiger partial charge in [0.25, 0.3) is 0 Å². The Bertz CT molecular complexity index is 617. The fourth-order valence-electron chi connectivity index (χ4n) is 2.37. The van der Waals surface area contributed by atoms with Crippen LogP contribution >= 0.6 is 27.5 Å². The largest absolute Gasteiger partial charge is 0.496 e. The van der Waals surface area contributed by atoms with Crippen molar-refractivity contribution < 1.29 is 9.84 Å². The predicted molar refractivity (Wildman–Crippen MR) is 85.7 cm³/mol. The Labute approximate surface area is 132 Å². The van der Waals surface area contributed by atoms with E-state index in [0.717, 1.165) is 26.9 Å². The lowest BCUT2D eigenvalue weighted by Gasteiger charge is -2.17. The Morgan fingerprint density at radius 3 is 2.30 bits per heavy atom. The van der Waals surface area contributed by atoms with Crippen LogP contribution in [0.15, 0.2) is 34.8 Å². The van der Waals surface area contributed by atoms with Gasteiger partial charge >= 0.3 is 0 Å². The third-order valence-electron chi connectivity index (χ3n) is 3.26. The van der Waals surface area contributed by atoms with Gasteiger partial charge in [0, 0.05) is 15.1 Å². The van der Waals surface area contributed by atoms with Crippen molar-refractivity contribution >= 4 is 27.5 Å². The first-order chi connectivity index (χ1) is 9.43. The van der Waals surface area contributed by atoms with E-state index in [-0.39, 0.29) is 0 Å². The molecular weight excluding hydrogens is 340 g/mol. The van der Waals surface area contributed by atoms with Crippen molar-refractivity contribution in [3.63, 3.8) is 0 Å². The standard InChI is InChI=1S/C16H16BrClO2/c1-9-6-11(7-10(2)16(9)20-3)15(19)13-8-12(17)4-5-14(13)18/h4-8,15,19H,1-3H3. The lowest BCUT2D eigenvalue weighted by atomic mass is 9.97. The van der Waals surface area contributed by atoms with Crippen molar-refractivity contribution in [1.29, 1.82) is 0 Å². The van der Waals surface area contributed by atoms with Crippen molar-refractivity contribution in [2.75, 3.05) is 7.11 Å². The van der Waals surface area contributed by atoms with Crippen LogP contribution in [0.5, 0.6) is 5.75 Å². The topological polar surface area (TPSA) is 29.5 Å². The van der Waals surface area contributed by atoms with E-state index in [1.54, 1.807) is 13.2 Å². The highest BCUT2D eigenvalue weighted by molar-refractivity contribution is 9.10. The first kappa shape index (κ1) is 15.4. The maximum absolute atomic E-state index is 10.6. The second-order valence-corrected chi connectivity index (χ2v) is 6.08. The number of benzene rings is 2. The molecule has 0 saturated heterocycles. The summed E-state index contributed by atoms with van der Waals surface area (Å²) < 4.78 is 6.23. The number of aliphatic hydroxyl groups is 1. The van der Waals surface area contributed by atoms with Gasteiger partial charge in [-0.15, -0.1) is 0 Å². The van der Waals surface area contributed by atoms with Gasteiger partial charge in [0.05, 0.1) is 7.11 Å². The Kier molecular flexibility index (Phi) is 4.74. The van der Waals surface area contributed by atoms with E-state index in [4.69, 9.17) is 16.3 Å². The van der Waals surface area contributed by atoms with Gasteiger partial charge in [0.1, 0.15) is 11.9 Å². The zero-order valence-corrected chi connectivity index (χ0v) is 13.9. The quantitative estimate of drug-likeness (QED) is 0.856. The molecule has 0 heterocycles. The monoisotopic (exact) mass is 354 g/mol. The third-order valence-corrected chi connectivity index (χ3v) is 4.09. The molecule has 0 aliphatic carbocycles. The summed E-state index contributed by atoms with van der Waals surface area (Å²) >= 11 is 9.57.